The van der Waals surface area contributed by atoms with E-state index in [0.717, 1.165) is 12.7 Å². The number of hydrogen-bond donors (Lipinski definition) is 0. The number of terminal acetylenes is 1. The molecule has 1 atom stereocenters. The quantitative estimate of drug-likeness (QED) is 0.187. The van der Waals surface area contributed by atoms with Gasteiger partial charge < -0.3 is 14.2 Å². The van der Waals surface area contributed by atoms with Crippen LogP contribution in [-0.4, -0.2) is 29.9 Å². The molecule has 2 aromatic carbocycles. The zero-order valence-corrected chi connectivity index (χ0v) is 26.9. The molecule has 0 saturated carbocycles. The molecule has 0 N–H and O–H groups in total. The molecule has 4 rings (SSSR count). The number of carbonyl (C=O) groups is 1. The number of carbonyl (C=O) groups excluding carboxylic acids is 1. The molecule has 3 aromatic rings. The maximum absolute atomic E-state index is 14.0. The first kappa shape index (κ1) is 29.4. The van der Waals surface area contributed by atoms with Gasteiger partial charge in [0.25, 0.3) is 5.56 Å². The molecular formula is C29H26I2N2O5S. The monoisotopic (exact) mass is 768 g/mol. The molecular weight excluding hydrogens is 742 g/mol. The van der Waals surface area contributed by atoms with Gasteiger partial charge in [-0.2, -0.15) is 0 Å². The summed E-state index contributed by atoms with van der Waals surface area (Å²) in [4.78, 5) is 32.3. The van der Waals surface area contributed by atoms with Crippen LogP contribution >= 0.6 is 56.5 Å². The van der Waals surface area contributed by atoms with E-state index in [2.05, 4.69) is 56.1 Å². The van der Waals surface area contributed by atoms with Gasteiger partial charge in [-0.15, -0.1) is 6.42 Å². The first-order valence-electron chi connectivity index (χ1n) is 12.2. The van der Waals surface area contributed by atoms with E-state index in [4.69, 9.17) is 20.6 Å². The Balaban J connectivity index is 1.93. The summed E-state index contributed by atoms with van der Waals surface area (Å²) >= 11 is 5.66. The van der Waals surface area contributed by atoms with Crippen molar-refractivity contribution in [3.8, 4) is 23.8 Å². The average molecular weight is 768 g/mol. The van der Waals surface area contributed by atoms with Crippen molar-refractivity contribution in [3.05, 3.63) is 85.6 Å². The van der Waals surface area contributed by atoms with Crippen molar-refractivity contribution in [1.29, 1.82) is 0 Å². The summed E-state index contributed by atoms with van der Waals surface area (Å²) in [5.41, 5.74) is 2.09. The van der Waals surface area contributed by atoms with Gasteiger partial charge in [-0.25, -0.2) is 9.79 Å². The second-order valence-corrected chi connectivity index (χ2v) is 12.1. The third-order valence-corrected chi connectivity index (χ3v) is 8.30. The summed E-state index contributed by atoms with van der Waals surface area (Å²) in [5, 5.41) is 0. The number of nitrogens with zero attached hydrogens (tertiary/aromatic N) is 2. The van der Waals surface area contributed by atoms with Gasteiger partial charge in [0.05, 0.1) is 35.7 Å². The van der Waals surface area contributed by atoms with Crippen LogP contribution in [0, 0.1) is 19.5 Å². The second kappa shape index (κ2) is 12.7. The van der Waals surface area contributed by atoms with Crippen LogP contribution in [0.4, 0.5) is 0 Å². The minimum atomic E-state index is -0.753. The molecule has 0 bridgehead atoms. The van der Waals surface area contributed by atoms with Crippen molar-refractivity contribution in [2.75, 3.05) is 13.2 Å². The predicted molar refractivity (Wildman–Crippen MR) is 169 cm³/mol. The number of hydrogen-bond acceptors (Lipinski definition) is 7. The fourth-order valence-corrected chi connectivity index (χ4v) is 7.39. The largest absolute Gasteiger partial charge is 0.491 e. The van der Waals surface area contributed by atoms with Gasteiger partial charge in [0, 0.05) is 5.56 Å². The lowest BCUT2D eigenvalue weighted by Crippen LogP contribution is -2.40. The number of rotatable bonds is 8. The molecule has 0 radical (unpaired) electrons. The van der Waals surface area contributed by atoms with E-state index in [0.29, 0.717) is 37.7 Å². The highest BCUT2D eigenvalue weighted by atomic mass is 127. The topological polar surface area (TPSA) is 79.1 Å². The normalized spacial score (nSPS) is 15.0. The van der Waals surface area contributed by atoms with Crippen molar-refractivity contribution in [3.63, 3.8) is 0 Å². The number of allylic oxidation sites excluding steroid dienone is 1. The van der Waals surface area contributed by atoms with E-state index in [-0.39, 0.29) is 24.9 Å². The second-order valence-electron chi connectivity index (χ2n) is 8.81. The first-order valence-corrected chi connectivity index (χ1v) is 15.1. The fourth-order valence-electron chi connectivity index (χ4n) is 4.22. The fraction of sp³-hybridized carbons (Fsp3) is 0.276. The molecule has 1 aromatic heterocycles. The number of thiazole rings is 1. The van der Waals surface area contributed by atoms with Crippen LogP contribution in [-0.2, 0) is 9.53 Å². The molecule has 39 heavy (non-hydrogen) atoms. The number of benzene rings is 2. The summed E-state index contributed by atoms with van der Waals surface area (Å²) in [6, 6.07) is 10.6. The van der Waals surface area contributed by atoms with Crippen LogP contribution in [0.3, 0.4) is 0 Å². The third-order valence-electron chi connectivity index (χ3n) is 5.71. The molecule has 0 fully saturated rings. The maximum Gasteiger partial charge on any atom is 0.338 e. The number of ether oxygens (including phenoxy) is 3. The molecule has 0 saturated heterocycles. The van der Waals surface area contributed by atoms with Crippen molar-refractivity contribution in [2.24, 2.45) is 4.99 Å². The van der Waals surface area contributed by atoms with Crippen LogP contribution in [0.2, 0.25) is 0 Å². The number of para-hydroxylation sites is 1. The number of aromatic nitrogens is 1. The van der Waals surface area contributed by atoms with Crippen LogP contribution in [0.5, 0.6) is 11.5 Å². The summed E-state index contributed by atoms with van der Waals surface area (Å²) in [6.07, 6.45) is 7.07. The van der Waals surface area contributed by atoms with Gasteiger partial charge in [0.1, 0.15) is 24.1 Å². The highest BCUT2D eigenvalue weighted by Gasteiger charge is 2.35. The van der Waals surface area contributed by atoms with Crippen LogP contribution in [0.15, 0.2) is 57.5 Å². The Hall–Kier alpha value is -2.63. The van der Waals surface area contributed by atoms with Crippen LogP contribution in [0.25, 0.3) is 6.08 Å². The van der Waals surface area contributed by atoms with Crippen LogP contribution in [0.1, 0.15) is 44.9 Å². The van der Waals surface area contributed by atoms with E-state index >= 15 is 0 Å². The summed E-state index contributed by atoms with van der Waals surface area (Å²) < 4.78 is 21.0. The number of halogens is 2. The van der Waals surface area contributed by atoms with Crippen molar-refractivity contribution < 1.29 is 19.0 Å². The zero-order chi connectivity index (χ0) is 28.3. The summed E-state index contributed by atoms with van der Waals surface area (Å²) in [7, 11) is 0. The molecule has 0 amide bonds. The smallest absolute Gasteiger partial charge is 0.338 e. The Morgan fingerprint density at radius 3 is 2.59 bits per heavy atom. The van der Waals surface area contributed by atoms with Crippen molar-refractivity contribution >= 4 is 68.6 Å². The van der Waals surface area contributed by atoms with E-state index in [9.17, 15) is 9.59 Å². The van der Waals surface area contributed by atoms with E-state index in [1.165, 1.54) is 11.3 Å². The molecule has 202 valence electrons. The minimum Gasteiger partial charge on any atom is -0.491 e. The molecule has 0 aliphatic carbocycles. The van der Waals surface area contributed by atoms with Gasteiger partial charge >= 0.3 is 5.97 Å². The Morgan fingerprint density at radius 2 is 1.95 bits per heavy atom. The summed E-state index contributed by atoms with van der Waals surface area (Å²) in [6.45, 7) is 7.76. The lowest BCUT2D eigenvalue weighted by Gasteiger charge is -2.26. The Kier molecular flexibility index (Phi) is 9.56. The van der Waals surface area contributed by atoms with Crippen molar-refractivity contribution in [2.45, 2.75) is 39.8 Å². The standard InChI is InChI=1S/C29H26I2N2O5S/c1-6-12-37-26-20(30)13-18(14-21(26)31)15-23-27(34)33-25(19-10-8-9-11-22(19)38-16(3)4)24(28(35)36-7-2)17(5)32-29(33)39-23/h1,8-11,13-16,25H,7,12H2,2-5H3/b23-15+/t25-/m0/s1. The van der Waals surface area contributed by atoms with Gasteiger partial charge in [0.2, 0.25) is 0 Å². The molecule has 0 spiro atoms. The van der Waals surface area contributed by atoms with Gasteiger partial charge in [-0.1, -0.05) is 35.5 Å². The predicted octanol–water partition coefficient (Wildman–Crippen LogP) is 4.81. The highest BCUT2D eigenvalue weighted by molar-refractivity contribution is 14.1. The lowest BCUT2D eigenvalue weighted by molar-refractivity contribution is -0.139. The Bertz CT molecular complexity index is 1660. The maximum atomic E-state index is 14.0. The molecule has 7 nitrogen and oxygen atoms in total. The van der Waals surface area contributed by atoms with E-state index < -0.39 is 12.0 Å². The zero-order valence-electron chi connectivity index (χ0n) is 21.8. The SMILES string of the molecule is C#CCOc1c(I)cc(/C=c2/sc3n(c2=O)[C@@H](c2ccccc2OC(C)C)C(C(=O)OCC)=C(C)N=3)cc1I. The van der Waals surface area contributed by atoms with Crippen molar-refractivity contribution in [1.82, 2.24) is 4.57 Å². The molecule has 2 heterocycles. The molecule has 0 unspecified atom stereocenters. The number of esters is 1. The molecule has 1 aliphatic rings. The Morgan fingerprint density at radius 1 is 1.26 bits per heavy atom. The lowest BCUT2D eigenvalue weighted by atomic mass is 9.95. The van der Waals surface area contributed by atoms with Gasteiger partial charge in [0.15, 0.2) is 4.80 Å². The third kappa shape index (κ3) is 6.25. The highest BCUT2D eigenvalue weighted by Crippen LogP contribution is 2.36. The Labute approximate surface area is 257 Å². The molecule has 10 heteroatoms. The first-order chi connectivity index (χ1) is 18.7. The van der Waals surface area contributed by atoms with E-state index in [1.807, 2.05) is 56.3 Å². The van der Waals surface area contributed by atoms with Gasteiger partial charge in [-0.05, 0) is 103 Å². The molecule has 1 aliphatic heterocycles. The average Bonchev–Trinajstić information content (AvgIpc) is 3.17. The van der Waals surface area contributed by atoms with Gasteiger partial charge in [-0.3, -0.25) is 9.36 Å². The van der Waals surface area contributed by atoms with E-state index in [1.54, 1.807) is 18.4 Å². The number of fused-ring (bicyclic) bond motifs is 1. The van der Waals surface area contributed by atoms with Crippen LogP contribution < -0.4 is 24.4 Å². The summed E-state index contributed by atoms with van der Waals surface area (Å²) in [5.74, 6) is 3.27. The minimum absolute atomic E-state index is 0.101.